The number of nitrogens with zero attached hydrogens (tertiary/aromatic N) is 1. The highest BCUT2D eigenvalue weighted by atomic mass is 35.5. The molecule has 82 valence electrons. The molecule has 4 heteroatoms. The molecule has 0 saturated carbocycles. The maximum Gasteiger partial charge on any atom is 0.239 e. The standard InChI is InChI=1S/C10H18N2O.ClH/c11-9-6-3-5-8-4-1-2-7-12(8)10(9)13;/h8-9H,1-7,11H2;1H. The third-order valence-corrected chi connectivity index (χ3v) is 3.28. The number of hydrogen-bond donors (Lipinski definition) is 1. The van der Waals surface area contributed by atoms with E-state index in [9.17, 15) is 4.79 Å². The van der Waals surface area contributed by atoms with Crippen molar-refractivity contribution in [2.75, 3.05) is 6.54 Å². The van der Waals surface area contributed by atoms with Crippen LogP contribution in [0.1, 0.15) is 38.5 Å². The molecule has 2 atom stereocenters. The average molecular weight is 219 g/mol. The minimum atomic E-state index is -0.219. The second kappa shape index (κ2) is 4.99. The summed E-state index contributed by atoms with van der Waals surface area (Å²) in [6, 6.07) is 0.290. The number of amides is 1. The van der Waals surface area contributed by atoms with Crippen molar-refractivity contribution >= 4 is 18.3 Å². The number of rotatable bonds is 0. The van der Waals surface area contributed by atoms with E-state index >= 15 is 0 Å². The number of hydrogen-bond acceptors (Lipinski definition) is 2. The van der Waals surface area contributed by atoms with Gasteiger partial charge in [0.2, 0.25) is 5.91 Å². The molecule has 2 unspecified atom stereocenters. The van der Waals surface area contributed by atoms with Crippen molar-refractivity contribution in [3.63, 3.8) is 0 Å². The van der Waals surface area contributed by atoms with Crippen molar-refractivity contribution in [3.8, 4) is 0 Å². The molecule has 2 fully saturated rings. The monoisotopic (exact) mass is 218 g/mol. The van der Waals surface area contributed by atoms with E-state index in [2.05, 4.69) is 0 Å². The molecular weight excluding hydrogens is 200 g/mol. The summed E-state index contributed by atoms with van der Waals surface area (Å²) < 4.78 is 0. The van der Waals surface area contributed by atoms with Crippen LogP contribution < -0.4 is 5.73 Å². The van der Waals surface area contributed by atoms with E-state index in [-0.39, 0.29) is 24.4 Å². The Hall–Kier alpha value is -0.280. The molecule has 0 spiro atoms. The third kappa shape index (κ3) is 2.20. The summed E-state index contributed by atoms with van der Waals surface area (Å²) in [5, 5.41) is 0. The van der Waals surface area contributed by atoms with E-state index in [1.54, 1.807) is 0 Å². The summed E-state index contributed by atoms with van der Waals surface area (Å²) in [4.78, 5) is 13.8. The highest BCUT2D eigenvalue weighted by molar-refractivity contribution is 5.85. The molecule has 3 nitrogen and oxygen atoms in total. The zero-order valence-electron chi connectivity index (χ0n) is 8.45. The van der Waals surface area contributed by atoms with E-state index in [1.807, 2.05) is 4.90 Å². The number of carbonyl (C=O) groups excluding carboxylic acids is 1. The van der Waals surface area contributed by atoms with Gasteiger partial charge in [0, 0.05) is 12.6 Å². The maximum atomic E-state index is 11.8. The Morgan fingerprint density at radius 2 is 1.86 bits per heavy atom. The Balaban J connectivity index is 0.000000980. The first kappa shape index (κ1) is 11.8. The number of carbonyl (C=O) groups is 1. The molecular formula is C10H19ClN2O. The lowest BCUT2D eigenvalue weighted by Crippen LogP contribution is -2.48. The SMILES string of the molecule is Cl.NC1CCCC2CCCCN2C1=O. The highest BCUT2D eigenvalue weighted by Gasteiger charge is 2.32. The van der Waals surface area contributed by atoms with Gasteiger partial charge in [-0.2, -0.15) is 0 Å². The van der Waals surface area contributed by atoms with Crippen molar-refractivity contribution in [2.24, 2.45) is 5.73 Å². The van der Waals surface area contributed by atoms with Gasteiger partial charge in [-0.1, -0.05) is 0 Å². The van der Waals surface area contributed by atoms with Crippen molar-refractivity contribution in [3.05, 3.63) is 0 Å². The normalized spacial score (nSPS) is 32.9. The molecule has 2 aliphatic heterocycles. The fourth-order valence-corrected chi connectivity index (χ4v) is 2.50. The Morgan fingerprint density at radius 1 is 1.14 bits per heavy atom. The number of halogens is 1. The van der Waals surface area contributed by atoms with Crippen LogP contribution in [0.2, 0.25) is 0 Å². The van der Waals surface area contributed by atoms with Crippen LogP contribution in [0.4, 0.5) is 0 Å². The van der Waals surface area contributed by atoms with Gasteiger partial charge in [-0.05, 0) is 38.5 Å². The smallest absolute Gasteiger partial charge is 0.239 e. The first-order chi connectivity index (χ1) is 6.29. The highest BCUT2D eigenvalue weighted by Crippen LogP contribution is 2.25. The molecule has 0 aromatic rings. The van der Waals surface area contributed by atoms with Crippen molar-refractivity contribution < 1.29 is 4.79 Å². The van der Waals surface area contributed by atoms with Gasteiger partial charge in [-0.15, -0.1) is 12.4 Å². The maximum absolute atomic E-state index is 11.8. The molecule has 2 heterocycles. The van der Waals surface area contributed by atoms with Crippen LogP contribution in [0.3, 0.4) is 0 Å². The Morgan fingerprint density at radius 3 is 2.64 bits per heavy atom. The van der Waals surface area contributed by atoms with Crippen molar-refractivity contribution in [1.82, 2.24) is 4.90 Å². The van der Waals surface area contributed by atoms with Gasteiger partial charge < -0.3 is 10.6 Å². The zero-order chi connectivity index (χ0) is 9.26. The summed E-state index contributed by atoms with van der Waals surface area (Å²) in [6.07, 6.45) is 6.80. The van der Waals surface area contributed by atoms with Gasteiger partial charge in [-0.3, -0.25) is 4.79 Å². The summed E-state index contributed by atoms with van der Waals surface area (Å²) in [5.41, 5.74) is 5.79. The molecule has 0 radical (unpaired) electrons. The summed E-state index contributed by atoms with van der Waals surface area (Å²) in [6.45, 7) is 0.942. The predicted molar refractivity (Wildman–Crippen MR) is 58.4 cm³/mol. The predicted octanol–water partition coefficient (Wildman–Crippen LogP) is 1.30. The molecule has 2 saturated heterocycles. The second-order valence-corrected chi connectivity index (χ2v) is 4.22. The molecule has 2 rings (SSSR count). The van der Waals surface area contributed by atoms with Gasteiger partial charge >= 0.3 is 0 Å². The Bertz CT molecular complexity index is 210. The molecule has 0 aromatic heterocycles. The van der Waals surface area contributed by atoms with E-state index in [1.165, 1.54) is 19.3 Å². The largest absolute Gasteiger partial charge is 0.338 e. The molecule has 1 amide bonds. The molecule has 0 aliphatic carbocycles. The van der Waals surface area contributed by atoms with Gasteiger partial charge in [0.25, 0.3) is 0 Å². The van der Waals surface area contributed by atoms with Crippen molar-refractivity contribution in [2.45, 2.75) is 50.6 Å². The number of fused-ring (bicyclic) bond motifs is 1. The van der Waals surface area contributed by atoms with Gasteiger partial charge in [0.1, 0.15) is 0 Å². The van der Waals surface area contributed by atoms with E-state index < -0.39 is 0 Å². The van der Waals surface area contributed by atoms with Crippen molar-refractivity contribution in [1.29, 1.82) is 0 Å². The molecule has 0 bridgehead atoms. The molecule has 0 aromatic carbocycles. The zero-order valence-corrected chi connectivity index (χ0v) is 9.26. The van der Waals surface area contributed by atoms with Crippen LogP contribution in [0.25, 0.3) is 0 Å². The van der Waals surface area contributed by atoms with Crippen LogP contribution in [0.15, 0.2) is 0 Å². The van der Waals surface area contributed by atoms with Crippen LogP contribution in [-0.4, -0.2) is 29.4 Å². The van der Waals surface area contributed by atoms with Crippen LogP contribution >= 0.6 is 12.4 Å². The quantitative estimate of drug-likeness (QED) is 0.666. The third-order valence-electron chi connectivity index (χ3n) is 3.28. The molecule has 2 N–H and O–H groups in total. The van der Waals surface area contributed by atoms with E-state index in [4.69, 9.17) is 5.73 Å². The van der Waals surface area contributed by atoms with E-state index in [0.29, 0.717) is 6.04 Å². The summed E-state index contributed by atoms with van der Waals surface area (Å²) >= 11 is 0. The van der Waals surface area contributed by atoms with Crippen LogP contribution in [0.5, 0.6) is 0 Å². The Kier molecular flexibility index (Phi) is 4.20. The number of piperidine rings is 1. The second-order valence-electron chi connectivity index (χ2n) is 4.22. The van der Waals surface area contributed by atoms with Gasteiger partial charge in [0.15, 0.2) is 0 Å². The lowest BCUT2D eigenvalue weighted by Gasteiger charge is -2.35. The van der Waals surface area contributed by atoms with Crippen LogP contribution in [-0.2, 0) is 4.79 Å². The fraction of sp³-hybridized carbons (Fsp3) is 0.900. The first-order valence-corrected chi connectivity index (χ1v) is 5.35. The lowest BCUT2D eigenvalue weighted by molar-refractivity contribution is -0.135. The molecule has 2 aliphatic rings. The van der Waals surface area contributed by atoms with Crippen LogP contribution in [0, 0.1) is 0 Å². The van der Waals surface area contributed by atoms with Gasteiger partial charge in [0.05, 0.1) is 6.04 Å². The molecule has 14 heavy (non-hydrogen) atoms. The average Bonchev–Trinajstić information content (AvgIpc) is 2.29. The first-order valence-electron chi connectivity index (χ1n) is 5.35. The number of nitrogens with two attached hydrogens (primary N) is 1. The van der Waals surface area contributed by atoms with E-state index in [0.717, 1.165) is 25.8 Å². The topological polar surface area (TPSA) is 46.3 Å². The Labute approximate surface area is 91.4 Å². The lowest BCUT2D eigenvalue weighted by atomic mass is 9.99. The minimum Gasteiger partial charge on any atom is -0.338 e. The van der Waals surface area contributed by atoms with Gasteiger partial charge in [-0.25, -0.2) is 0 Å². The summed E-state index contributed by atoms with van der Waals surface area (Å²) in [7, 11) is 0. The minimum absolute atomic E-state index is 0. The summed E-state index contributed by atoms with van der Waals surface area (Å²) in [5.74, 6) is 0.196. The fourth-order valence-electron chi connectivity index (χ4n) is 2.50.